The van der Waals surface area contributed by atoms with Crippen LogP contribution >= 0.6 is 0 Å². The average Bonchev–Trinajstić information content (AvgIpc) is 2.46. The van der Waals surface area contributed by atoms with Gasteiger partial charge in [0.2, 0.25) is 0 Å². The molecule has 9 nitrogen and oxygen atoms in total. The van der Waals surface area contributed by atoms with Crippen molar-refractivity contribution in [1.82, 2.24) is 10.3 Å². The molecule has 0 aliphatic heterocycles. The summed E-state index contributed by atoms with van der Waals surface area (Å²) < 4.78 is 0. The highest BCUT2D eigenvalue weighted by Crippen LogP contribution is 2.10. The smallest absolute Gasteiger partial charge is 0.335 e. The van der Waals surface area contributed by atoms with Crippen LogP contribution in [0.4, 0.5) is 10.5 Å². The predicted molar refractivity (Wildman–Crippen MR) is 76.9 cm³/mol. The van der Waals surface area contributed by atoms with Gasteiger partial charge in [-0.1, -0.05) is 0 Å². The molecule has 0 radical (unpaired) electrons. The summed E-state index contributed by atoms with van der Waals surface area (Å²) in [6.45, 7) is 1.10. The van der Waals surface area contributed by atoms with Crippen LogP contribution in [0.5, 0.6) is 0 Å². The number of nitro groups is 1. The van der Waals surface area contributed by atoms with Crippen molar-refractivity contribution >= 4 is 17.9 Å². The van der Waals surface area contributed by atoms with E-state index in [1.54, 1.807) is 0 Å². The summed E-state index contributed by atoms with van der Waals surface area (Å²) in [4.78, 5) is 21.2. The highest BCUT2D eigenvalue weighted by Gasteiger charge is 2.07. The lowest BCUT2D eigenvalue weighted by Gasteiger charge is -2.14. The molecule has 0 heterocycles. The summed E-state index contributed by atoms with van der Waals surface area (Å²) >= 11 is 0. The number of carbonyl (C=O) groups excluding carboxylic acids is 1. The van der Waals surface area contributed by atoms with Gasteiger partial charge in [0.1, 0.15) is 0 Å². The van der Waals surface area contributed by atoms with Gasteiger partial charge >= 0.3 is 6.03 Å². The lowest BCUT2D eigenvalue weighted by Crippen LogP contribution is -2.37. The van der Waals surface area contributed by atoms with E-state index in [9.17, 15) is 14.9 Å². The summed E-state index contributed by atoms with van der Waals surface area (Å²) in [7, 11) is 0. The Morgan fingerprint density at radius 2 is 2.10 bits per heavy atom. The van der Waals surface area contributed by atoms with E-state index in [4.69, 9.17) is 10.8 Å². The maximum Gasteiger partial charge on any atom is 0.335 e. The Morgan fingerprint density at radius 3 is 2.62 bits per heavy atom. The summed E-state index contributed by atoms with van der Waals surface area (Å²) in [6, 6.07) is 5.02. The summed E-state index contributed by atoms with van der Waals surface area (Å²) in [5.74, 6) is 0. The van der Waals surface area contributed by atoms with Crippen LogP contribution in [0, 0.1) is 10.1 Å². The molecule has 0 saturated heterocycles. The molecular weight excluding hydrogens is 278 g/mol. The summed E-state index contributed by atoms with van der Waals surface area (Å²) in [6.07, 6.45) is 1.39. The lowest BCUT2D eigenvalue weighted by atomic mass is 10.2. The molecule has 0 spiro atoms. The van der Waals surface area contributed by atoms with Gasteiger partial charge in [-0.15, -0.1) is 0 Å². The molecule has 1 aromatic rings. The van der Waals surface area contributed by atoms with Crippen LogP contribution in [0.25, 0.3) is 0 Å². The molecule has 0 fully saturated rings. The molecule has 0 unspecified atom stereocenters. The van der Waals surface area contributed by atoms with Crippen LogP contribution < -0.4 is 11.1 Å². The number of benzene rings is 1. The van der Waals surface area contributed by atoms with Gasteiger partial charge in [0.15, 0.2) is 0 Å². The van der Waals surface area contributed by atoms with E-state index in [-0.39, 0.29) is 18.8 Å². The first-order valence-electron chi connectivity index (χ1n) is 6.21. The van der Waals surface area contributed by atoms with E-state index in [0.29, 0.717) is 18.7 Å². The van der Waals surface area contributed by atoms with Gasteiger partial charge in [-0.25, -0.2) is 9.80 Å². The van der Waals surface area contributed by atoms with Crippen molar-refractivity contribution in [2.24, 2.45) is 10.8 Å². The SMILES string of the molecule is NC(=O)N(CCNCCO)/N=C\c1ccc([N+](=O)[O-])cc1. The van der Waals surface area contributed by atoms with Crippen molar-refractivity contribution in [1.29, 1.82) is 0 Å². The standard InChI is InChI=1S/C12H17N5O4/c13-12(19)16(7-5-14-6-8-18)15-9-10-1-3-11(4-2-10)17(20)21/h1-4,9,14,18H,5-8H2,(H2,13,19)/b15-9-. The van der Waals surface area contributed by atoms with Gasteiger partial charge in [0, 0.05) is 25.2 Å². The minimum atomic E-state index is -0.709. The van der Waals surface area contributed by atoms with Gasteiger partial charge in [-0.05, 0) is 17.7 Å². The van der Waals surface area contributed by atoms with Gasteiger partial charge in [-0.2, -0.15) is 5.10 Å². The summed E-state index contributed by atoms with van der Waals surface area (Å²) in [5, 5.41) is 27.0. The van der Waals surface area contributed by atoms with E-state index in [1.807, 2.05) is 0 Å². The molecule has 0 bridgehead atoms. The number of carbonyl (C=O) groups is 1. The number of urea groups is 1. The molecule has 0 aliphatic rings. The number of nitro benzene ring substituents is 1. The fraction of sp³-hybridized carbons (Fsp3) is 0.333. The Labute approximate surface area is 121 Å². The molecule has 0 aromatic heterocycles. The Bertz CT molecular complexity index is 503. The maximum atomic E-state index is 11.2. The number of hydrazone groups is 1. The zero-order chi connectivity index (χ0) is 15.7. The second-order valence-electron chi connectivity index (χ2n) is 4.03. The average molecular weight is 295 g/mol. The quantitative estimate of drug-likeness (QED) is 0.266. The molecule has 9 heteroatoms. The van der Waals surface area contributed by atoms with Crippen LogP contribution in [0.15, 0.2) is 29.4 Å². The molecule has 1 rings (SSSR count). The van der Waals surface area contributed by atoms with E-state index in [0.717, 1.165) is 5.01 Å². The first-order chi connectivity index (χ1) is 10.0. The molecule has 1 aromatic carbocycles. The molecule has 114 valence electrons. The highest BCUT2D eigenvalue weighted by molar-refractivity contribution is 5.81. The number of hydrogen-bond donors (Lipinski definition) is 3. The van der Waals surface area contributed by atoms with E-state index in [2.05, 4.69) is 10.4 Å². The van der Waals surface area contributed by atoms with Crippen molar-refractivity contribution in [3.05, 3.63) is 39.9 Å². The van der Waals surface area contributed by atoms with Gasteiger partial charge in [0.05, 0.1) is 24.3 Å². The first kappa shape index (κ1) is 16.5. The number of aliphatic hydroxyl groups excluding tert-OH is 1. The van der Waals surface area contributed by atoms with E-state index < -0.39 is 11.0 Å². The first-order valence-corrected chi connectivity index (χ1v) is 6.21. The molecule has 0 saturated carbocycles. The topological polar surface area (TPSA) is 134 Å². The molecule has 2 amide bonds. The largest absolute Gasteiger partial charge is 0.395 e. The van der Waals surface area contributed by atoms with Gasteiger partial charge in [0.25, 0.3) is 5.69 Å². The van der Waals surface area contributed by atoms with Crippen molar-refractivity contribution in [3.8, 4) is 0 Å². The van der Waals surface area contributed by atoms with Crippen LogP contribution in [-0.4, -0.2) is 53.5 Å². The second-order valence-corrected chi connectivity index (χ2v) is 4.03. The van der Waals surface area contributed by atoms with Gasteiger partial charge in [-0.3, -0.25) is 10.1 Å². The van der Waals surface area contributed by atoms with E-state index >= 15 is 0 Å². The lowest BCUT2D eigenvalue weighted by molar-refractivity contribution is -0.384. The van der Waals surface area contributed by atoms with Crippen molar-refractivity contribution in [2.45, 2.75) is 0 Å². The third-order valence-electron chi connectivity index (χ3n) is 2.49. The monoisotopic (exact) mass is 295 g/mol. The van der Waals surface area contributed by atoms with Gasteiger partial charge < -0.3 is 16.2 Å². The fourth-order valence-corrected chi connectivity index (χ4v) is 1.43. The zero-order valence-electron chi connectivity index (χ0n) is 11.3. The normalized spacial score (nSPS) is 10.7. The number of rotatable bonds is 8. The molecule has 0 aliphatic carbocycles. The molecule has 4 N–H and O–H groups in total. The van der Waals surface area contributed by atoms with Crippen molar-refractivity contribution < 1.29 is 14.8 Å². The fourth-order valence-electron chi connectivity index (χ4n) is 1.43. The number of aliphatic hydroxyl groups is 1. The van der Waals surface area contributed by atoms with Crippen molar-refractivity contribution in [3.63, 3.8) is 0 Å². The number of nitrogens with two attached hydrogens (primary N) is 1. The molecular formula is C12H17N5O4. The number of nitrogens with one attached hydrogen (secondary N) is 1. The maximum absolute atomic E-state index is 11.2. The van der Waals surface area contributed by atoms with Crippen LogP contribution in [0.1, 0.15) is 5.56 Å². The molecule has 0 atom stereocenters. The Hall–Kier alpha value is -2.52. The predicted octanol–water partition coefficient (Wildman–Crippen LogP) is -0.109. The summed E-state index contributed by atoms with van der Waals surface area (Å²) in [5.41, 5.74) is 5.77. The number of hydrogen-bond acceptors (Lipinski definition) is 6. The van der Waals surface area contributed by atoms with Crippen LogP contribution in [0.2, 0.25) is 0 Å². The zero-order valence-corrected chi connectivity index (χ0v) is 11.3. The second kappa shape index (κ2) is 8.61. The van der Waals surface area contributed by atoms with Crippen molar-refractivity contribution in [2.75, 3.05) is 26.2 Å². The Morgan fingerprint density at radius 1 is 1.43 bits per heavy atom. The minimum absolute atomic E-state index is 0.00261. The number of amides is 2. The Balaban J connectivity index is 2.60. The number of non-ortho nitro benzene ring substituents is 1. The molecule has 21 heavy (non-hydrogen) atoms. The van der Waals surface area contributed by atoms with Crippen LogP contribution in [0.3, 0.4) is 0 Å². The Kier molecular flexibility index (Phi) is 6.78. The number of nitrogens with zero attached hydrogens (tertiary/aromatic N) is 3. The third kappa shape index (κ3) is 5.97. The third-order valence-corrected chi connectivity index (χ3v) is 2.49. The minimum Gasteiger partial charge on any atom is -0.395 e. The van der Waals surface area contributed by atoms with Crippen LogP contribution in [-0.2, 0) is 0 Å². The number of primary amides is 1. The highest BCUT2D eigenvalue weighted by atomic mass is 16.6. The van der Waals surface area contributed by atoms with E-state index in [1.165, 1.54) is 30.5 Å².